The fourth-order valence-corrected chi connectivity index (χ4v) is 2.84. The van der Waals surface area contributed by atoms with Gasteiger partial charge in [0.2, 0.25) is 5.91 Å². The van der Waals surface area contributed by atoms with Crippen molar-refractivity contribution in [3.8, 4) is 0 Å². The molecule has 1 aliphatic rings. The van der Waals surface area contributed by atoms with Crippen molar-refractivity contribution in [3.63, 3.8) is 0 Å². The summed E-state index contributed by atoms with van der Waals surface area (Å²) in [6, 6.07) is 1.97. The minimum Gasteiger partial charge on any atom is -0.340 e. The van der Waals surface area contributed by atoms with Gasteiger partial charge in [0.05, 0.1) is 5.69 Å². The van der Waals surface area contributed by atoms with E-state index in [9.17, 15) is 4.79 Å². The molecule has 1 fully saturated rings. The molecule has 5 nitrogen and oxygen atoms in total. The highest BCUT2D eigenvalue weighted by Crippen LogP contribution is 2.06. The van der Waals surface area contributed by atoms with E-state index in [0.29, 0.717) is 13.0 Å². The van der Waals surface area contributed by atoms with Crippen LogP contribution >= 0.6 is 11.8 Å². The molecule has 6 heteroatoms. The Kier molecular flexibility index (Phi) is 5.91. The predicted octanol–water partition coefficient (Wildman–Crippen LogP) is 1.09. The first kappa shape index (κ1) is 15.4. The van der Waals surface area contributed by atoms with Gasteiger partial charge in [-0.15, -0.1) is 0 Å². The monoisotopic (exact) mass is 296 g/mol. The van der Waals surface area contributed by atoms with Crippen molar-refractivity contribution in [2.75, 3.05) is 44.7 Å². The second-order valence-corrected chi connectivity index (χ2v) is 6.17. The molecule has 0 atom stereocenters. The Morgan fingerprint density at radius 1 is 1.30 bits per heavy atom. The van der Waals surface area contributed by atoms with Crippen molar-refractivity contribution >= 4 is 17.7 Å². The van der Waals surface area contributed by atoms with E-state index >= 15 is 0 Å². The molecule has 0 radical (unpaired) electrons. The summed E-state index contributed by atoms with van der Waals surface area (Å²) in [5.41, 5.74) is 1.000. The van der Waals surface area contributed by atoms with Gasteiger partial charge in [0.25, 0.3) is 0 Å². The third-order valence-electron chi connectivity index (χ3n) is 3.67. The Hall–Kier alpha value is -1.01. The zero-order valence-corrected chi connectivity index (χ0v) is 13.2. The summed E-state index contributed by atoms with van der Waals surface area (Å²) < 4.78 is 1.85. The number of carbonyl (C=O) groups is 1. The number of carbonyl (C=O) groups excluding carboxylic acids is 1. The lowest BCUT2D eigenvalue weighted by molar-refractivity contribution is -0.133. The Bertz CT molecular complexity index is 427. The summed E-state index contributed by atoms with van der Waals surface area (Å²) in [5.74, 6) is 1.43. The summed E-state index contributed by atoms with van der Waals surface area (Å²) in [6.07, 6.45) is 4.62. The van der Waals surface area contributed by atoms with Gasteiger partial charge in [-0.05, 0) is 19.2 Å². The number of amides is 1. The molecule has 0 aliphatic carbocycles. The Morgan fingerprint density at radius 2 is 2.05 bits per heavy atom. The highest BCUT2D eigenvalue weighted by molar-refractivity contribution is 7.98. The van der Waals surface area contributed by atoms with E-state index < -0.39 is 0 Å². The molecule has 0 bridgehead atoms. The number of piperazine rings is 1. The van der Waals surface area contributed by atoms with Gasteiger partial charge in [-0.25, -0.2) is 0 Å². The minimum atomic E-state index is 0.252. The molecular weight excluding hydrogens is 272 g/mol. The Labute approximate surface area is 125 Å². The van der Waals surface area contributed by atoms with Gasteiger partial charge in [-0.3, -0.25) is 14.4 Å². The first-order valence-electron chi connectivity index (χ1n) is 7.18. The molecular formula is C14H24N4OS. The summed E-state index contributed by atoms with van der Waals surface area (Å²) in [6.45, 7) is 7.53. The van der Waals surface area contributed by atoms with Crippen LogP contribution in [0.4, 0.5) is 0 Å². The predicted molar refractivity (Wildman–Crippen MR) is 83.0 cm³/mol. The van der Waals surface area contributed by atoms with E-state index in [0.717, 1.165) is 38.4 Å². The van der Waals surface area contributed by atoms with E-state index in [4.69, 9.17) is 0 Å². The van der Waals surface area contributed by atoms with Crippen LogP contribution in [0.15, 0.2) is 12.3 Å². The topological polar surface area (TPSA) is 41.4 Å². The lowest BCUT2D eigenvalue weighted by Gasteiger charge is -2.34. The molecule has 0 saturated carbocycles. The van der Waals surface area contributed by atoms with Crippen LogP contribution in [0.2, 0.25) is 0 Å². The second kappa shape index (κ2) is 7.69. The number of thioether (sulfide) groups is 1. The SMILES string of the molecule is CSCCN1CCN(C(=O)CCn2ccc(C)n2)CC1. The van der Waals surface area contributed by atoms with Crippen molar-refractivity contribution in [2.45, 2.75) is 19.9 Å². The van der Waals surface area contributed by atoms with Gasteiger partial charge < -0.3 is 4.90 Å². The number of rotatable bonds is 6. The number of hydrogen-bond donors (Lipinski definition) is 0. The quantitative estimate of drug-likeness (QED) is 0.788. The summed E-state index contributed by atoms with van der Waals surface area (Å²) in [7, 11) is 0. The van der Waals surface area contributed by atoms with Crippen LogP contribution in [0.1, 0.15) is 12.1 Å². The van der Waals surface area contributed by atoms with Crippen molar-refractivity contribution < 1.29 is 4.79 Å². The number of aryl methyl sites for hydroxylation is 2. The van der Waals surface area contributed by atoms with E-state index in [1.807, 2.05) is 40.5 Å². The fraction of sp³-hybridized carbons (Fsp3) is 0.714. The summed E-state index contributed by atoms with van der Waals surface area (Å²) in [4.78, 5) is 16.6. The highest BCUT2D eigenvalue weighted by atomic mass is 32.2. The van der Waals surface area contributed by atoms with Crippen LogP contribution in [0.5, 0.6) is 0 Å². The molecule has 1 aromatic heterocycles. The molecule has 0 spiro atoms. The fourth-order valence-electron chi connectivity index (χ4n) is 2.40. The molecule has 20 heavy (non-hydrogen) atoms. The smallest absolute Gasteiger partial charge is 0.224 e. The number of nitrogens with zero attached hydrogens (tertiary/aromatic N) is 4. The zero-order valence-electron chi connectivity index (χ0n) is 12.4. The normalized spacial score (nSPS) is 16.6. The maximum atomic E-state index is 12.2. The molecule has 0 unspecified atom stereocenters. The van der Waals surface area contributed by atoms with Crippen LogP contribution in [0.3, 0.4) is 0 Å². The molecule has 0 N–H and O–H groups in total. The van der Waals surface area contributed by atoms with Crippen molar-refractivity contribution in [1.29, 1.82) is 0 Å². The molecule has 0 aromatic carbocycles. The van der Waals surface area contributed by atoms with Gasteiger partial charge >= 0.3 is 0 Å². The standard InChI is InChI=1S/C14H24N4OS/c1-13-3-5-18(15-13)6-4-14(19)17-9-7-16(8-10-17)11-12-20-2/h3,5H,4,6-12H2,1-2H3. The van der Waals surface area contributed by atoms with Crippen molar-refractivity contribution in [3.05, 3.63) is 18.0 Å². The second-order valence-electron chi connectivity index (χ2n) is 5.19. The van der Waals surface area contributed by atoms with E-state index in [2.05, 4.69) is 16.3 Å². The van der Waals surface area contributed by atoms with Crippen molar-refractivity contribution in [2.24, 2.45) is 0 Å². The zero-order chi connectivity index (χ0) is 14.4. The van der Waals surface area contributed by atoms with E-state index in [1.54, 1.807) is 0 Å². The number of hydrogen-bond acceptors (Lipinski definition) is 4. The van der Waals surface area contributed by atoms with Gasteiger partial charge in [-0.2, -0.15) is 16.9 Å². The van der Waals surface area contributed by atoms with Gasteiger partial charge in [0, 0.05) is 57.6 Å². The maximum absolute atomic E-state index is 12.2. The Morgan fingerprint density at radius 3 is 2.65 bits per heavy atom. The third-order valence-corrected chi connectivity index (χ3v) is 4.26. The summed E-state index contributed by atoms with van der Waals surface area (Å²) in [5, 5.41) is 4.31. The lowest BCUT2D eigenvalue weighted by Crippen LogP contribution is -2.49. The molecule has 1 amide bonds. The summed E-state index contributed by atoms with van der Waals surface area (Å²) >= 11 is 1.88. The largest absolute Gasteiger partial charge is 0.340 e. The van der Waals surface area contributed by atoms with Crippen LogP contribution in [-0.2, 0) is 11.3 Å². The minimum absolute atomic E-state index is 0.252. The maximum Gasteiger partial charge on any atom is 0.224 e. The third kappa shape index (κ3) is 4.52. The van der Waals surface area contributed by atoms with E-state index in [-0.39, 0.29) is 5.91 Å². The van der Waals surface area contributed by atoms with Crippen molar-refractivity contribution in [1.82, 2.24) is 19.6 Å². The average molecular weight is 296 g/mol. The van der Waals surface area contributed by atoms with Gasteiger partial charge in [0.15, 0.2) is 0 Å². The van der Waals surface area contributed by atoms with Gasteiger partial charge in [-0.1, -0.05) is 0 Å². The highest BCUT2D eigenvalue weighted by Gasteiger charge is 2.20. The first-order chi connectivity index (χ1) is 9.69. The van der Waals surface area contributed by atoms with Gasteiger partial charge in [0.1, 0.15) is 0 Å². The molecule has 112 valence electrons. The molecule has 1 saturated heterocycles. The molecule has 1 aliphatic heterocycles. The Balaban J connectivity index is 1.69. The first-order valence-corrected chi connectivity index (χ1v) is 8.57. The lowest BCUT2D eigenvalue weighted by atomic mass is 10.2. The number of aromatic nitrogens is 2. The molecule has 1 aromatic rings. The molecule has 2 heterocycles. The van der Waals surface area contributed by atoms with Crippen LogP contribution < -0.4 is 0 Å². The van der Waals surface area contributed by atoms with Crippen LogP contribution in [0.25, 0.3) is 0 Å². The molecule has 2 rings (SSSR count). The van der Waals surface area contributed by atoms with Crippen LogP contribution in [0, 0.1) is 6.92 Å². The van der Waals surface area contributed by atoms with E-state index in [1.165, 1.54) is 5.75 Å². The van der Waals surface area contributed by atoms with Crippen LogP contribution in [-0.4, -0.2) is 70.2 Å². The average Bonchev–Trinajstić information content (AvgIpc) is 2.89.